The molecule has 2 aromatic heterocycles. The molecule has 0 aromatic carbocycles. The molecule has 1 fully saturated rings. The minimum Gasteiger partial charge on any atom is -0.479 e. The summed E-state index contributed by atoms with van der Waals surface area (Å²) in [7, 11) is 0. The van der Waals surface area contributed by atoms with Crippen molar-refractivity contribution in [2.24, 2.45) is 5.92 Å². The van der Waals surface area contributed by atoms with Gasteiger partial charge in [-0.05, 0) is 24.4 Å². The van der Waals surface area contributed by atoms with Gasteiger partial charge in [0.15, 0.2) is 11.5 Å². The highest BCUT2D eigenvalue weighted by Crippen LogP contribution is 2.39. The van der Waals surface area contributed by atoms with Crippen molar-refractivity contribution in [3.05, 3.63) is 11.6 Å². The van der Waals surface area contributed by atoms with Gasteiger partial charge < -0.3 is 25.4 Å². The van der Waals surface area contributed by atoms with Crippen molar-refractivity contribution in [2.75, 3.05) is 12.3 Å². The van der Waals surface area contributed by atoms with E-state index < -0.39 is 30.4 Å². The fourth-order valence-electron chi connectivity index (χ4n) is 3.40. The molecule has 152 valence electrons. The standard InChI is InChI=1S/C16H20ClN5O6/c1-2-3-7-4-8(5-27-10(14(23)24)15(25)26)28-13(7)22-6-19-9-11(18)20-16(17)21-12(9)22/h6-8,10,13H,2-5H2,1H3,(H,23,24)(H,25,26)(H2,18,20,21). The lowest BCUT2D eigenvalue weighted by molar-refractivity contribution is -0.168. The maximum absolute atomic E-state index is 11.0. The van der Waals surface area contributed by atoms with Crippen LogP contribution in [0.4, 0.5) is 5.82 Å². The van der Waals surface area contributed by atoms with Gasteiger partial charge in [0, 0.05) is 5.92 Å². The summed E-state index contributed by atoms with van der Waals surface area (Å²) in [5, 5.41) is 17.8. The molecule has 11 nitrogen and oxygen atoms in total. The van der Waals surface area contributed by atoms with Crippen molar-refractivity contribution in [1.29, 1.82) is 0 Å². The molecule has 0 amide bonds. The van der Waals surface area contributed by atoms with Crippen LogP contribution < -0.4 is 5.73 Å². The Hall–Kier alpha value is -2.50. The van der Waals surface area contributed by atoms with Gasteiger partial charge in [-0.15, -0.1) is 0 Å². The molecule has 0 spiro atoms. The monoisotopic (exact) mass is 413 g/mol. The Kier molecular flexibility index (Phi) is 5.96. The molecule has 1 saturated heterocycles. The third-order valence-corrected chi connectivity index (χ3v) is 4.72. The zero-order chi connectivity index (χ0) is 20.4. The maximum atomic E-state index is 11.0. The Balaban J connectivity index is 1.81. The molecule has 1 aliphatic heterocycles. The number of carboxylic acid groups (broad SMARTS) is 2. The number of hydrogen-bond donors (Lipinski definition) is 3. The van der Waals surface area contributed by atoms with E-state index in [9.17, 15) is 9.59 Å². The molecule has 2 aromatic rings. The number of ether oxygens (including phenoxy) is 2. The molecular weight excluding hydrogens is 394 g/mol. The smallest absolute Gasteiger partial charge is 0.344 e. The summed E-state index contributed by atoms with van der Waals surface area (Å²) in [4.78, 5) is 34.3. The summed E-state index contributed by atoms with van der Waals surface area (Å²) in [6, 6.07) is 0. The third kappa shape index (κ3) is 4.01. The molecule has 3 rings (SSSR count). The van der Waals surface area contributed by atoms with E-state index in [4.69, 9.17) is 37.0 Å². The number of anilines is 1. The van der Waals surface area contributed by atoms with Crippen molar-refractivity contribution in [2.45, 2.75) is 44.6 Å². The van der Waals surface area contributed by atoms with Gasteiger partial charge in [-0.25, -0.2) is 14.6 Å². The Bertz CT molecular complexity index is 876. The molecule has 3 heterocycles. The van der Waals surface area contributed by atoms with E-state index in [1.807, 2.05) is 6.92 Å². The number of imidazole rings is 1. The van der Waals surface area contributed by atoms with Crippen LogP contribution in [-0.2, 0) is 19.1 Å². The van der Waals surface area contributed by atoms with Crippen LogP contribution in [0.1, 0.15) is 32.4 Å². The first-order valence-electron chi connectivity index (χ1n) is 8.70. The number of aliphatic carboxylic acids is 2. The summed E-state index contributed by atoms with van der Waals surface area (Å²) >= 11 is 5.91. The van der Waals surface area contributed by atoms with Crippen molar-refractivity contribution in [3.8, 4) is 0 Å². The lowest BCUT2D eigenvalue weighted by atomic mass is 9.98. The molecular formula is C16H20ClN5O6. The number of nitrogen functional groups attached to an aromatic ring is 1. The zero-order valence-electron chi connectivity index (χ0n) is 15.0. The van der Waals surface area contributed by atoms with Gasteiger partial charge in [0.05, 0.1) is 19.0 Å². The van der Waals surface area contributed by atoms with Gasteiger partial charge >= 0.3 is 11.9 Å². The van der Waals surface area contributed by atoms with E-state index in [0.717, 1.165) is 12.8 Å². The number of carboxylic acids is 2. The van der Waals surface area contributed by atoms with Gasteiger partial charge in [0.25, 0.3) is 6.10 Å². The van der Waals surface area contributed by atoms with Crippen molar-refractivity contribution < 1.29 is 29.3 Å². The van der Waals surface area contributed by atoms with Gasteiger partial charge in [0.1, 0.15) is 11.7 Å². The van der Waals surface area contributed by atoms with Crippen molar-refractivity contribution in [1.82, 2.24) is 19.5 Å². The fraction of sp³-hybridized carbons (Fsp3) is 0.562. The van der Waals surface area contributed by atoms with E-state index in [1.54, 1.807) is 10.9 Å². The first-order chi connectivity index (χ1) is 13.3. The summed E-state index contributed by atoms with van der Waals surface area (Å²) in [5.41, 5.74) is 6.68. The van der Waals surface area contributed by atoms with E-state index >= 15 is 0 Å². The minimum atomic E-state index is -1.94. The van der Waals surface area contributed by atoms with Crippen LogP contribution in [0.5, 0.6) is 0 Å². The average molecular weight is 414 g/mol. The zero-order valence-corrected chi connectivity index (χ0v) is 15.7. The fourth-order valence-corrected chi connectivity index (χ4v) is 3.57. The largest absolute Gasteiger partial charge is 0.479 e. The number of fused-ring (bicyclic) bond motifs is 1. The number of halogens is 1. The van der Waals surface area contributed by atoms with Gasteiger partial charge in [-0.1, -0.05) is 13.3 Å². The predicted octanol–water partition coefficient (Wildman–Crippen LogP) is 1.32. The van der Waals surface area contributed by atoms with Gasteiger partial charge in [-0.3, -0.25) is 4.57 Å². The van der Waals surface area contributed by atoms with Crippen LogP contribution in [0.15, 0.2) is 6.33 Å². The molecule has 3 unspecified atom stereocenters. The topological polar surface area (TPSA) is 163 Å². The van der Waals surface area contributed by atoms with Crippen LogP contribution in [0.3, 0.4) is 0 Å². The average Bonchev–Trinajstić information content (AvgIpc) is 3.18. The lowest BCUT2D eigenvalue weighted by Crippen LogP contribution is -2.35. The number of hydrogen-bond acceptors (Lipinski definition) is 8. The minimum absolute atomic E-state index is 0.0116. The highest BCUT2D eigenvalue weighted by Gasteiger charge is 2.38. The predicted molar refractivity (Wildman–Crippen MR) is 96.7 cm³/mol. The van der Waals surface area contributed by atoms with Crippen LogP contribution in [0.25, 0.3) is 11.2 Å². The number of carbonyl (C=O) groups is 2. The normalized spacial score (nSPS) is 22.2. The molecule has 1 aliphatic rings. The molecule has 28 heavy (non-hydrogen) atoms. The molecule has 3 atom stereocenters. The van der Waals surface area contributed by atoms with Crippen LogP contribution >= 0.6 is 11.6 Å². The molecule has 0 radical (unpaired) electrons. The van der Waals surface area contributed by atoms with Gasteiger partial charge in [-0.2, -0.15) is 9.97 Å². The molecule has 0 bridgehead atoms. The highest BCUT2D eigenvalue weighted by atomic mass is 35.5. The molecule has 12 heteroatoms. The number of rotatable bonds is 8. The quantitative estimate of drug-likeness (QED) is 0.424. The van der Waals surface area contributed by atoms with E-state index in [1.165, 1.54) is 0 Å². The summed E-state index contributed by atoms with van der Waals surface area (Å²) in [5.74, 6) is -2.90. The second-order valence-corrected chi connectivity index (χ2v) is 6.86. The van der Waals surface area contributed by atoms with E-state index in [0.29, 0.717) is 17.6 Å². The Morgan fingerprint density at radius 1 is 1.43 bits per heavy atom. The summed E-state index contributed by atoms with van der Waals surface area (Å²) < 4.78 is 12.8. The summed E-state index contributed by atoms with van der Waals surface area (Å²) in [6.07, 6.45) is 0.976. The second-order valence-electron chi connectivity index (χ2n) is 6.52. The number of nitrogens with two attached hydrogens (primary N) is 1. The van der Waals surface area contributed by atoms with Crippen LogP contribution in [0, 0.1) is 5.92 Å². The first-order valence-corrected chi connectivity index (χ1v) is 9.07. The van der Waals surface area contributed by atoms with Gasteiger partial charge in [0.2, 0.25) is 5.28 Å². The first kappa shape index (κ1) is 20.2. The van der Waals surface area contributed by atoms with Crippen molar-refractivity contribution in [3.63, 3.8) is 0 Å². The maximum Gasteiger partial charge on any atom is 0.344 e. The van der Waals surface area contributed by atoms with E-state index in [-0.39, 0.29) is 23.6 Å². The lowest BCUT2D eigenvalue weighted by Gasteiger charge is -2.20. The van der Waals surface area contributed by atoms with Crippen molar-refractivity contribution >= 4 is 40.5 Å². The van der Waals surface area contributed by atoms with Crippen LogP contribution in [0.2, 0.25) is 5.28 Å². The third-order valence-electron chi connectivity index (χ3n) is 4.55. The van der Waals surface area contributed by atoms with E-state index in [2.05, 4.69) is 15.0 Å². The molecule has 0 saturated carbocycles. The Labute approximate surface area is 164 Å². The molecule has 0 aliphatic carbocycles. The number of nitrogens with zero attached hydrogens (tertiary/aromatic N) is 4. The number of aromatic nitrogens is 4. The van der Waals surface area contributed by atoms with Crippen LogP contribution in [-0.4, -0.2) is 60.5 Å². The Morgan fingerprint density at radius 2 is 2.14 bits per heavy atom. The summed E-state index contributed by atoms with van der Waals surface area (Å²) in [6.45, 7) is 1.87. The highest BCUT2D eigenvalue weighted by molar-refractivity contribution is 6.28. The molecule has 4 N–H and O–H groups in total. The SMILES string of the molecule is CCCC1CC(COC(C(=O)O)C(=O)O)OC1n1cnc2c(N)nc(Cl)nc21. The second kappa shape index (κ2) is 8.25. The Morgan fingerprint density at radius 3 is 2.79 bits per heavy atom.